The molecule has 1 rings (SSSR count). The Morgan fingerprint density at radius 1 is 0.862 bits per heavy atom. The fourth-order valence-corrected chi connectivity index (χ4v) is 3.16. The number of carbonyl (C=O) groups is 2. The first-order valence-corrected chi connectivity index (χ1v) is 10.4. The number of hydrogen-bond donors (Lipinski definition) is 3. The van der Waals surface area contributed by atoms with Gasteiger partial charge in [0.15, 0.2) is 0 Å². The Labute approximate surface area is 173 Å². The van der Waals surface area contributed by atoms with Gasteiger partial charge in [0.1, 0.15) is 17.5 Å². The van der Waals surface area contributed by atoms with E-state index in [4.69, 9.17) is 20.3 Å². The predicted molar refractivity (Wildman–Crippen MR) is 111 cm³/mol. The molecule has 0 aromatic heterocycles. The number of methoxy groups -OCH3 is 1. The summed E-state index contributed by atoms with van der Waals surface area (Å²) in [6, 6.07) is 6.47. The van der Waals surface area contributed by atoms with Crippen LogP contribution in [0.2, 0.25) is 0 Å². The van der Waals surface area contributed by atoms with Crippen molar-refractivity contribution in [2.24, 2.45) is 11.7 Å². The number of benzene rings is 1. The lowest BCUT2D eigenvalue weighted by Gasteiger charge is -2.14. The van der Waals surface area contributed by atoms with Gasteiger partial charge in [0.05, 0.1) is 19.6 Å². The number of carboxylic acid groups (broad SMARTS) is 2. The molecule has 0 aliphatic heterocycles. The number of carboxylic acids is 2. The molecule has 0 radical (unpaired) electrons. The Balaban J connectivity index is 1.98. The van der Waals surface area contributed by atoms with Gasteiger partial charge in [-0.1, -0.05) is 44.9 Å². The van der Waals surface area contributed by atoms with Crippen molar-refractivity contribution in [2.45, 2.75) is 70.3 Å². The minimum atomic E-state index is -1.15. The summed E-state index contributed by atoms with van der Waals surface area (Å²) < 4.78 is 10.8. The third kappa shape index (κ3) is 11.3. The summed E-state index contributed by atoms with van der Waals surface area (Å²) in [4.78, 5) is 22.0. The van der Waals surface area contributed by atoms with Gasteiger partial charge in [0.25, 0.3) is 0 Å². The summed E-state index contributed by atoms with van der Waals surface area (Å²) in [5, 5.41) is 18.0. The fourth-order valence-electron chi connectivity index (χ4n) is 3.16. The molecule has 1 aromatic rings. The van der Waals surface area contributed by atoms with E-state index in [-0.39, 0.29) is 6.42 Å². The lowest BCUT2D eigenvalue weighted by atomic mass is 9.94. The lowest BCUT2D eigenvalue weighted by Crippen LogP contribution is -2.34. The van der Waals surface area contributed by atoms with E-state index in [1.165, 1.54) is 0 Å². The molecule has 0 saturated heterocycles. The molecule has 1 aromatic carbocycles. The van der Waals surface area contributed by atoms with Gasteiger partial charge in [-0.2, -0.15) is 0 Å². The summed E-state index contributed by atoms with van der Waals surface area (Å²) in [5.74, 6) is -1.11. The molecule has 29 heavy (non-hydrogen) atoms. The van der Waals surface area contributed by atoms with Crippen LogP contribution in [0.15, 0.2) is 24.3 Å². The molecule has 1 unspecified atom stereocenters. The van der Waals surface area contributed by atoms with Crippen LogP contribution in [0.3, 0.4) is 0 Å². The summed E-state index contributed by atoms with van der Waals surface area (Å²) in [6.07, 6.45) is 8.91. The third-order valence-corrected chi connectivity index (χ3v) is 4.98. The second-order valence-electron chi connectivity index (χ2n) is 7.36. The van der Waals surface area contributed by atoms with Gasteiger partial charge in [-0.3, -0.25) is 9.59 Å². The number of hydrogen-bond acceptors (Lipinski definition) is 5. The molecule has 0 aliphatic carbocycles. The topological polar surface area (TPSA) is 119 Å². The van der Waals surface area contributed by atoms with E-state index in [2.05, 4.69) is 0 Å². The Morgan fingerprint density at radius 2 is 1.38 bits per heavy atom. The molecular formula is C22H35NO6. The first kappa shape index (κ1) is 24.8. The molecule has 7 heteroatoms. The van der Waals surface area contributed by atoms with E-state index in [1.54, 1.807) is 7.11 Å². The third-order valence-electron chi connectivity index (χ3n) is 4.98. The van der Waals surface area contributed by atoms with E-state index in [1.807, 2.05) is 24.3 Å². The molecule has 7 nitrogen and oxygen atoms in total. The molecule has 0 amide bonds. The second kappa shape index (κ2) is 14.7. The fraction of sp³-hybridized carbons (Fsp3) is 0.636. The van der Waals surface area contributed by atoms with Crippen molar-refractivity contribution in [1.29, 1.82) is 0 Å². The lowest BCUT2D eigenvalue weighted by molar-refractivity contribution is -0.143. The number of ether oxygens (including phenoxy) is 2. The molecule has 2 atom stereocenters. The Kier molecular flexibility index (Phi) is 12.5. The molecule has 0 aliphatic rings. The van der Waals surface area contributed by atoms with E-state index in [0.717, 1.165) is 62.9 Å². The second-order valence-corrected chi connectivity index (χ2v) is 7.36. The van der Waals surface area contributed by atoms with Gasteiger partial charge in [0, 0.05) is 0 Å². The van der Waals surface area contributed by atoms with Gasteiger partial charge in [-0.25, -0.2) is 0 Å². The molecule has 0 fully saturated rings. The minimum absolute atomic E-state index is 0.0107. The van der Waals surface area contributed by atoms with Crippen LogP contribution in [0, 0.1) is 5.92 Å². The molecule has 0 saturated carbocycles. The summed E-state index contributed by atoms with van der Waals surface area (Å²) in [6.45, 7) is 0.710. The van der Waals surface area contributed by atoms with Crippen LogP contribution in [0.4, 0.5) is 0 Å². The maximum Gasteiger partial charge on any atom is 0.320 e. The predicted octanol–water partition coefficient (Wildman–Crippen LogP) is 4.09. The maximum absolute atomic E-state index is 11.2. The quantitative estimate of drug-likeness (QED) is 0.332. The molecule has 4 N–H and O–H groups in total. The van der Waals surface area contributed by atoms with Gasteiger partial charge in [-0.05, 0) is 43.5 Å². The summed E-state index contributed by atoms with van der Waals surface area (Å²) in [7, 11) is 1.64. The molecule has 164 valence electrons. The Hall–Kier alpha value is -2.28. The Morgan fingerprint density at radius 3 is 1.90 bits per heavy atom. The molecular weight excluding hydrogens is 374 g/mol. The largest absolute Gasteiger partial charge is 0.497 e. The van der Waals surface area contributed by atoms with Crippen LogP contribution >= 0.6 is 0 Å². The van der Waals surface area contributed by atoms with Crippen LogP contribution in [-0.4, -0.2) is 41.9 Å². The SMILES string of the molecule is COc1ccc(OCCCCCCCCCCC(C[C@H](N)C(=O)O)C(=O)O)cc1. The zero-order valence-corrected chi connectivity index (χ0v) is 17.3. The van der Waals surface area contributed by atoms with Crippen LogP contribution < -0.4 is 15.2 Å². The van der Waals surface area contributed by atoms with Crippen molar-refractivity contribution >= 4 is 11.9 Å². The zero-order valence-electron chi connectivity index (χ0n) is 17.3. The van der Waals surface area contributed by atoms with Crippen molar-refractivity contribution < 1.29 is 29.3 Å². The van der Waals surface area contributed by atoms with Crippen molar-refractivity contribution in [2.75, 3.05) is 13.7 Å². The highest BCUT2D eigenvalue weighted by atomic mass is 16.5. The standard InChI is InChI=1S/C22H35NO6/c1-28-18-11-13-19(14-12-18)29-15-9-7-5-3-2-4-6-8-10-17(21(24)25)16-20(23)22(26)27/h11-14,17,20H,2-10,15-16,23H2,1H3,(H,24,25)(H,26,27)/t17?,20-/m0/s1. The average molecular weight is 410 g/mol. The summed E-state index contributed by atoms with van der Waals surface area (Å²) >= 11 is 0. The normalized spacial score (nSPS) is 12.9. The van der Waals surface area contributed by atoms with E-state index >= 15 is 0 Å². The first-order chi connectivity index (χ1) is 13.9. The van der Waals surface area contributed by atoms with Gasteiger partial charge >= 0.3 is 11.9 Å². The average Bonchev–Trinajstić information content (AvgIpc) is 2.71. The van der Waals surface area contributed by atoms with Gasteiger partial charge in [0.2, 0.25) is 0 Å². The zero-order chi connectivity index (χ0) is 21.5. The van der Waals surface area contributed by atoms with Crippen LogP contribution in [0.25, 0.3) is 0 Å². The van der Waals surface area contributed by atoms with Gasteiger partial charge < -0.3 is 25.4 Å². The number of aliphatic carboxylic acids is 2. The highest BCUT2D eigenvalue weighted by molar-refractivity contribution is 5.75. The number of rotatable bonds is 17. The monoisotopic (exact) mass is 409 g/mol. The Bertz CT molecular complexity index is 589. The van der Waals surface area contributed by atoms with E-state index in [0.29, 0.717) is 13.0 Å². The number of nitrogens with two attached hydrogens (primary N) is 1. The first-order valence-electron chi connectivity index (χ1n) is 10.4. The molecule has 0 heterocycles. The number of unbranched alkanes of at least 4 members (excludes halogenated alkanes) is 7. The van der Waals surface area contributed by atoms with E-state index < -0.39 is 23.9 Å². The smallest absolute Gasteiger partial charge is 0.320 e. The van der Waals surface area contributed by atoms with Crippen LogP contribution in [-0.2, 0) is 9.59 Å². The van der Waals surface area contributed by atoms with Crippen molar-refractivity contribution in [3.8, 4) is 11.5 Å². The van der Waals surface area contributed by atoms with Gasteiger partial charge in [-0.15, -0.1) is 0 Å². The molecule has 0 bridgehead atoms. The maximum atomic E-state index is 11.2. The highest BCUT2D eigenvalue weighted by Crippen LogP contribution is 2.19. The van der Waals surface area contributed by atoms with Crippen molar-refractivity contribution in [3.63, 3.8) is 0 Å². The van der Waals surface area contributed by atoms with Crippen molar-refractivity contribution in [3.05, 3.63) is 24.3 Å². The summed E-state index contributed by atoms with van der Waals surface area (Å²) in [5.41, 5.74) is 5.44. The van der Waals surface area contributed by atoms with E-state index in [9.17, 15) is 14.7 Å². The molecule has 0 spiro atoms. The van der Waals surface area contributed by atoms with Crippen molar-refractivity contribution in [1.82, 2.24) is 0 Å². The minimum Gasteiger partial charge on any atom is -0.497 e. The van der Waals surface area contributed by atoms with Crippen LogP contribution in [0.5, 0.6) is 11.5 Å². The van der Waals surface area contributed by atoms with Crippen LogP contribution in [0.1, 0.15) is 64.2 Å². The highest BCUT2D eigenvalue weighted by Gasteiger charge is 2.23.